The molecule has 0 saturated carbocycles. The number of aromatic nitrogens is 5. The summed E-state index contributed by atoms with van der Waals surface area (Å²) in [5.74, 6) is 1.14. The highest BCUT2D eigenvalue weighted by atomic mass is 15.3. The Morgan fingerprint density at radius 3 is 3.05 bits per heavy atom. The lowest BCUT2D eigenvalue weighted by atomic mass is 10.3. The molecule has 0 spiro atoms. The molecule has 7 heteroatoms. The molecule has 1 unspecified atom stereocenters. The fraction of sp³-hybridized carbons (Fsp3) is 0.250. The van der Waals surface area contributed by atoms with E-state index in [0.717, 1.165) is 12.2 Å². The Kier molecular flexibility index (Phi) is 2.79. The van der Waals surface area contributed by atoms with Gasteiger partial charge in [0, 0.05) is 30.8 Å². The second kappa shape index (κ2) is 4.60. The van der Waals surface area contributed by atoms with E-state index in [1.54, 1.807) is 18.6 Å². The molecule has 3 aromatic heterocycles. The quantitative estimate of drug-likeness (QED) is 0.728. The third kappa shape index (κ3) is 2.35. The Bertz CT molecular complexity index is 671. The van der Waals surface area contributed by atoms with Crippen LogP contribution >= 0.6 is 0 Å². The molecular formula is C12H15N7. The summed E-state index contributed by atoms with van der Waals surface area (Å²) in [6.45, 7) is 2.81. The Labute approximate surface area is 110 Å². The lowest BCUT2D eigenvalue weighted by Gasteiger charge is -2.15. The molecule has 3 rings (SSSR count). The summed E-state index contributed by atoms with van der Waals surface area (Å²) >= 11 is 0. The van der Waals surface area contributed by atoms with Gasteiger partial charge >= 0.3 is 0 Å². The van der Waals surface area contributed by atoms with Crippen LogP contribution in [-0.2, 0) is 6.54 Å². The Morgan fingerprint density at radius 1 is 1.37 bits per heavy atom. The zero-order chi connectivity index (χ0) is 13.2. The van der Waals surface area contributed by atoms with Gasteiger partial charge in [0.25, 0.3) is 0 Å². The van der Waals surface area contributed by atoms with Crippen molar-refractivity contribution in [3.05, 3.63) is 37.1 Å². The highest BCUT2D eigenvalue weighted by Gasteiger charge is 2.10. The third-order valence-corrected chi connectivity index (χ3v) is 2.80. The molecule has 3 heterocycles. The molecule has 0 bridgehead atoms. The van der Waals surface area contributed by atoms with Crippen molar-refractivity contribution >= 4 is 17.3 Å². The first kappa shape index (κ1) is 11.5. The van der Waals surface area contributed by atoms with Crippen LogP contribution in [0.25, 0.3) is 5.65 Å². The summed E-state index contributed by atoms with van der Waals surface area (Å²) in [5.41, 5.74) is 6.54. The van der Waals surface area contributed by atoms with Crippen molar-refractivity contribution < 1.29 is 0 Å². The van der Waals surface area contributed by atoms with Gasteiger partial charge in [-0.3, -0.25) is 4.68 Å². The lowest BCUT2D eigenvalue weighted by molar-refractivity contribution is 0.560. The van der Waals surface area contributed by atoms with Crippen LogP contribution in [0.2, 0.25) is 0 Å². The largest absolute Gasteiger partial charge is 0.382 e. The zero-order valence-corrected chi connectivity index (χ0v) is 10.6. The number of hydrogen-bond donors (Lipinski definition) is 2. The molecule has 0 radical (unpaired) electrons. The van der Waals surface area contributed by atoms with Crippen molar-refractivity contribution in [3.63, 3.8) is 0 Å². The molecular weight excluding hydrogens is 242 g/mol. The molecule has 0 aromatic carbocycles. The average molecular weight is 257 g/mol. The SMILES string of the molecule is CC(Cn1cccn1)Nc1nc(N)cn2ccnc12. The van der Waals surface area contributed by atoms with Gasteiger partial charge < -0.3 is 15.5 Å². The Balaban J connectivity index is 1.82. The van der Waals surface area contributed by atoms with Crippen LogP contribution in [0.3, 0.4) is 0 Å². The highest BCUT2D eigenvalue weighted by molar-refractivity contribution is 5.65. The minimum absolute atomic E-state index is 0.162. The number of nitrogen functional groups attached to an aromatic ring is 1. The number of anilines is 2. The van der Waals surface area contributed by atoms with E-state index in [9.17, 15) is 0 Å². The first-order valence-corrected chi connectivity index (χ1v) is 6.05. The van der Waals surface area contributed by atoms with Crippen molar-refractivity contribution in [1.29, 1.82) is 0 Å². The molecule has 0 aliphatic carbocycles. The van der Waals surface area contributed by atoms with E-state index in [1.807, 2.05) is 27.5 Å². The number of hydrogen-bond acceptors (Lipinski definition) is 5. The monoisotopic (exact) mass is 257 g/mol. The summed E-state index contributed by atoms with van der Waals surface area (Å²) in [6.07, 6.45) is 9.00. The van der Waals surface area contributed by atoms with E-state index in [1.165, 1.54) is 0 Å². The summed E-state index contributed by atoms with van der Waals surface area (Å²) in [7, 11) is 0. The third-order valence-electron chi connectivity index (χ3n) is 2.80. The molecule has 0 saturated heterocycles. The molecule has 0 aliphatic heterocycles. The van der Waals surface area contributed by atoms with Crippen molar-refractivity contribution in [2.45, 2.75) is 19.5 Å². The van der Waals surface area contributed by atoms with Crippen molar-refractivity contribution in [1.82, 2.24) is 24.1 Å². The zero-order valence-electron chi connectivity index (χ0n) is 10.6. The fourth-order valence-corrected chi connectivity index (χ4v) is 2.02. The molecule has 1 atom stereocenters. The van der Waals surface area contributed by atoms with E-state index in [4.69, 9.17) is 5.73 Å². The summed E-state index contributed by atoms with van der Waals surface area (Å²) in [5, 5.41) is 7.49. The number of nitrogens with one attached hydrogen (secondary N) is 1. The Hall–Kier alpha value is -2.57. The predicted molar refractivity (Wildman–Crippen MR) is 72.7 cm³/mol. The van der Waals surface area contributed by atoms with Crippen LogP contribution in [0.5, 0.6) is 0 Å². The summed E-state index contributed by atoms with van der Waals surface area (Å²) in [6, 6.07) is 2.06. The maximum absolute atomic E-state index is 5.78. The highest BCUT2D eigenvalue weighted by Crippen LogP contribution is 2.15. The maximum atomic E-state index is 5.78. The molecule has 19 heavy (non-hydrogen) atoms. The van der Waals surface area contributed by atoms with E-state index < -0.39 is 0 Å². The van der Waals surface area contributed by atoms with E-state index in [2.05, 4.69) is 27.3 Å². The van der Waals surface area contributed by atoms with Crippen LogP contribution in [0, 0.1) is 0 Å². The minimum atomic E-state index is 0.162. The standard InChI is InChI=1S/C12H15N7/c1-9(7-19-5-2-3-15-19)16-11-12-14-4-6-18(12)8-10(13)17-11/h2-6,8-9H,7,13H2,1H3,(H,16,17). The van der Waals surface area contributed by atoms with Crippen molar-refractivity contribution in [2.75, 3.05) is 11.1 Å². The second-order valence-corrected chi connectivity index (χ2v) is 4.45. The number of nitrogens with zero attached hydrogens (tertiary/aromatic N) is 5. The second-order valence-electron chi connectivity index (χ2n) is 4.45. The van der Waals surface area contributed by atoms with Gasteiger partial charge in [0.05, 0.1) is 12.7 Å². The van der Waals surface area contributed by atoms with Crippen molar-refractivity contribution in [2.24, 2.45) is 0 Å². The average Bonchev–Trinajstić information content (AvgIpc) is 2.99. The van der Waals surface area contributed by atoms with Gasteiger partial charge in [0.2, 0.25) is 0 Å². The molecule has 0 aliphatic rings. The summed E-state index contributed by atoms with van der Waals surface area (Å²) in [4.78, 5) is 8.57. The number of nitrogens with two attached hydrogens (primary N) is 1. The van der Waals surface area contributed by atoms with Crippen molar-refractivity contribution in [3.8, 4) is 0 Å². The normalized spacial score (nSPS) is 12.7. The smallest absolute Gasteiger partial charge is 0.180 e. The molecule has 3 N–H and O–H groups in total. The summed E-state index contributed by atoms with van der Waals surface area (Å²) < 4.78 is 3.72. The number of fused-ring (bicyclic) bond motifs is 1. The number of imidazole rings is 1. The molecule has 98 valence electrons. The molecule has 3 aromatic rings. The first-order valence-electron chi connectivity index (χ1n) is 6.05. The van der Waals surface area contributed by atoms with Gasteiger partial charge in [-0.25, -0.2) is 9.97 Å². The van der Waals surface area contributed by atoms with Crippen LogP contribution < -0.4 is 11.1 Å². The van der Waals surface area contributed by atoms with Gasteiger partial charge in [-0.1, -0.05) is 0 Å². The Morgan fingerprint density at radius 2 is 2.26 bits per heavy atom. The van der Waals surface area contributed by atoms with E-state index in [0.29, 0.717) is 11.6 Å². The fourth-order valence-electron chi connectivity index (χ4n) is 2.02. The maximum Gasteiger partial charge on any atom is 0.180 e. The van der Waals surface area contributed by atoms with Crippen LogP contribution in [0.15, 0.2) is 37.1 Å². The van der Waals surface area contributed by atoms with E-state index in [-0.39, 0.29) is 6.04 Å². The van der Waals surface area contributed by atoms with Crippen LogP contribution in [0.1, 0.15) is 6.92 Å². The first-order chi connectivity index (χ1) is 9.22. The van der Waals surface area contributed by atoms with Gasteiger partial charge in [-0.15, -0.1) is 0 Å². The van der Waals surface area contributed by atoms with Gasteiger partial charge in [-0.2, -0.15) is 5.10 Å². The van der Waals surface area contributed by atoms with Gasteiger partial charge in [0.1, 0.15) is 5.82 Å². The lowest BCUT2D eigenvalue weighted by Crippen LogP contribution is -2.23. The molecule has 0 amide bonds. The topological polar surface area (TPSA) is 86.1 Å². The molecule has 0 fully saturated rings. The minimum Gasteiger partial charge on any atom is -0.382 e. The molecule has 7 nitrogen and oxygen atoms in total. The van der Waals surface area contributed by atoms with Crippen LogP contribution in [0.4, 0.5) is 11.6 Å². The van der Waals surface area contributed by atoms with Gasteiger partial charge in [0.15, 0.2) is 11.5 Å². The number of rotatable bonds is 4. The van der Waals surface area contributed by atoms with Crippen LogP contribution in [-0.4, -0.2) is 30.2 Å². The predicted octanol–water partition coefficient (Wildman–Crippen LogP) is 1.01. The van der Waals surface area contributed by atoms with Gasteiger partial charge in [-0.05, 0) is 13.0 Å². The van der Waals surface area contributed by atoms with E-state index >= 15 is 0 Å².